The predicted octanol–water partition coefficient (Wildman–Crippen LogP) is 6.06. The second-order valence-electron chi connectivity index (χ2n) is 4.89. The van der Waals surface area contributed by atoms with Crippen molar-refractivity contribution in [3.05, 3.63) is 84.9 Å². The van der Waals surface area contributed by atoms with Crippen LogP contribution in [0.1, 0.15) is 0 Å². The third kappa shape index (κ3) is 6.99. The van der Waals surface area contributed by atoms with Gasteiger partial charge in [-0.3, -0.25) is 0 Å². The van der Waals surface area contributed by atoms with Crippen LogP contribution in [-0.2, 0) is 26.2 Å². The zero-order valence-electron chi connectivity index (χ0n) is 13.6. The Kier molecular flexibility index (Phi) is 12.0. The summed E-state index contributed by atoms with van der Waals surface area (Å²) in [6.07, 6.45) is 0. The molecule has 0 aliphatic carbocycles. The molecule has 1 radical (unpaired) electrons. The van der Waals surface area contributed by atoms with E-state index in [0.717, 1.165) is 9.52 Å². The van der Waals surface area contributed by atoms with Crippen LogP contribution in [0.2, 0.25) is 13.1 Å². The zero-order chi connectivity index (χ0) is 14.9. The number of fused-ring (bicyclic) bond motifs is 2. The van der Waals surface area contributed by atoms with E-state index in [4.69, 9.17) is 0 Å². The zero-order valence-corrected chi connectivity index (χ0v) is 18.0. The van der Waals surface area contributed by atoms with Gasteiger partial charge < -0.3 is 0 Å². The molecule has 0 unspecified atom stereocenters. The summed E-state index contributed by atoms with van der Waals surface area (Å²) in [4.78, 5) is 0. The first kappa shape index (κ1) is 22.1. The SMILES string of the molecule is C[SiH]C.Cl.[Zr+2].c1ccc2[cH-]ccc2c1.c1ccc2[cH-]ccc2c1. The molecule has 0 saturated carbocycles. The van der Waals surface area contributed by atoms with E-state index >= 15 is 0 Å². The Morgan fingerprint density at radius 3 is 1.35 bits per heavy atom. The van der Waals surface area contributed by atoms with Crippen molar-refractivity contribution in [1.29, 1.82) is 0 Å². The fraction of sp³-hybridized carbons (Fsp3) is 0.100. The molecule has 0 nitrogen and oxygen atoms in total. The van der Waals surface area contributed by atoms with Crippen molar-refractivity contribution >= 4 is 43.5 Å². The Morgan fingerprint density at radius 1 is 0.652 bits per heavy atom. The molecule has 4 aromatic rings. The number of hydrogen-bond donors (Lipinski definition) is 0. The Balaban J connectivity index is 0.000000336. The summed E-state index contributed by atoms with van der Waals surface area (Å²) in [6, 6.07) is 29.3. The minimum Gasteiger partial charge on any atom is -0.168 e. The number of halogens is 1. The van der Waals surface area contributed by atoms with Crippen molar-refractivity contribution in [3.63, 3.8) is 0 Å². The van der Waals surface area contributed by atoms with Gasteiger partial charge in [-0.15, -0.1) is 71.7 Å². The second kappa shape index (κ2) is 12.5. The normalized spacial score (nSPS) is 8.78. The molecule has 0 spiro atoms. The van der Waals surface area contributed by atoms with Crippen LogP contribution in [0, 0.1) is 0 Å². The van der Waals surface area contributed by atoms with Gasteiger partial charge in [0.15, 0.2) is 0 Å². The van der Waals surface area contributed by atoms with Gasteiger partial charge in [0.2, 0.25) is 0 Å². The third-order valence-corrected chi connectivity index (χ3v) is 3.10. The van der Waals surface area contributed by atoms with Gasteiger partial charge in [0.25, 0.3) is 0 Å². The predicted molar refractivity (Wildman–Crippen MR) is 105 cm³/mol. The first-order chi connectivity index (χ1) is 10.3. The summed E-state index contributed by atoms with van der Waals surface area (Å²) in [5.41, 5.74) is 0. The van der Waals surface area contributed by atoms with Gasteiger partial charge in [-0.25, -0.2) is 0 Å². The van der Waals surface area contributed by atoms with Crippen LogP contribution < -0.4 is 0 Å². The van der Waals surface area contributed by atoms with Crippen molar-refractivity contribution in [2.45, 2.75) is 13.1 Å². The molecule has 0 N–H and O–H groups in total. The van der Waals surface area contributed by atoms with Crippen molar-refractivity contribution < 1.29 is 26.2 Å². The molecule has 0 amide bonds. The fourth-order valence-electron chi connectivity index (χ4n) is 2.14. The monoisotopic (exact) mass is 415 g/mol. The van der Waals surface area contributed by atoms with Crippen molar-refractivity contribution in [1.82, 2.24) is 0 Å². The first-order valence-electron chi connectivity index (χ1n) is 7.30. The maximum atomic E-state index is 2.21. The molecule has 117 valence electrons. The van der Waals surface area contributed by atoms with Crippen LogP contribution in [0.3, 0.4) is 0 Å². The molecule has 3 heteroatoms. The van der Waals surface area contributed by atoms with E-state index in [1.807, 2.05) is 0 Å². The van der Waals surface area contributed by atoms with Crippen LogP contribution >= 0.6 is 12.4 Å². The quantitative estimate of drug-likeness (QED) is 0.241. The maximum Gasteiger partial charge on any atom is 2.00 e. The summed E-state index contributed by atoms with van der Waals surface area (Å²) in [5.74, 6) is 0. The van der Waals surface area contributed by atoms with E-state index in [-0.39, 0.29) is 38.6 Å². The largest absolute Gasteiger partial charge is 2.00 e. The molecule has 4 rings (SSSR count). The molecule has 0 heterocycles. The summed E-state index contributed by atoms with van der Waals surface area (Å²) >= 11 is 0. The Labute approximate surface area is 167 Å². The van der Waals surface area contributed by atoms with Crippen LogP contribution in [0.15, 0.2) is 84.9 Å². The second-order valence-corrected chi connectivity index (χ2v) is 6.04. The van der Waals surface area contributed by atoms with Gasteiger partial charge in [-0.2, -0.15) is 35.0 Å². The molecule has 0 bridgehead atoms. The maximum absolute atomic E-state index is 2.21. The molecule has 0 fully saturated rings. The fourth-order valence-corrected chi connectivity index (χ4v) is 2.14. The minimum atomic E-state index is 0. The molecular formula is C20H22ClSiZr. The number of hydrogen-bond acceptors (Lipinski definition) is 0. The molecule has 0 aliphatic heterocycles. The van der Waals surface area contributed by atoms with Gasteiger partial charge in [0, 0.05) is 9.52 Å². The average Bonchev–Trinajstić information content (AvgIpc) is 3.17. The number of rotatable bonds is 0. The topological polar surface area (TPSA) is 0 Å². The molecule has 0 saturated heterocycles. The van der Waals surface area contributed by atoms with E-state index in [1.54, 1.807) is 0 Å². The van der Waals surface area contributed by atoms with Gasteiger partial charge in [-0.05, 0) is 0 Å². The van der Waals surface area contributed by atoms with Crippen LogP contribution in [0.4, 0.5) is 0 Å². The smallest absolute Gasteiger partial charge is 0.168 e. The van der Waals surface area contributed by atoms with Crippen molar-refractivity contribution in [2.24, 2.45) is 0 Å². The van der Waals surface area contributed by atoms with Crippen LogP contribution in [0.25, 0.3) is 21.5 Å². The first-order valence-corrected chi connectivity index (χ1v) is 9.61. The minimum absolute atomic E-state index is 0. The summed E-state index contributed by atoms with van der Waals surface area (Å²) in [7, 11) is 0.750. The van der Waals surface area contributed by atoms with Gasteiger partial charge >= 0.3 is 26.2 Å². The molecule has 0 aromatic heterocycles. The van der Waals surface area contributed by atoms with E-state index < -0.39 is 0 Å². The van der Waals surface area contributed by atoms with Crippen LogP contribution in [-0.4, -0.2) is 9.52 Å². The van der Waals surface area contributed by atoms with Crippen molar-refractivity contribution in [2.75, 3.05) is 0 Å². The standard InChI is InChI=1S/2C9H7.C2H7Si.ClH.Zr/c2*1-2-5-9-7-3-6-8(9)4-1;1-3-2;;/h2*1-7H;3H,1-2H3;1H;/q2*-1;;;+2. The Hall–Kier alpha value is -0.950. The van der Waals surface area contributed by atoms with E-state index in [9.17, 15) is 0 Å². The molecule has 4 aromatic carbocycles. The van der Waals surface area contributed by atoms with Gasteiger partial charge in [0.05, 0.1) is 0 Å². The molecule has 0 aliphatic rings. The van der Waals surface area contributed by atoms with E-state index in [2.05, 4.69) is 98.0 Å². The Morgan fingerprint density at radius 2 is 1.00 bits per heavy atom. The van der Waals surface area contributed by atoms with Gasteiger partial charge in [0.1, 0.15) is 0 Å². The van der Waals surface area contributed by atoms with Gasteiger partial charge in [-0.1, -0.05) is 25.2 Å². The molecular weight excluding hydrogens is 395 g/mol. The van der Waals surface area contributed by atoms with E-state index in [1.165, 1.54) is 21.5 Å². The summed E-state index contributed by atoms with van der Waals surface area (Å²) < 4.78 is 0. The third-order valence-electron chi connectivity index (χ3n) is 3.10. The summed E-state index contributed by atoms with van der Waals surface area (Å²) in [5, 5.41) is 5.32. The van der Waals surface area contributed by atoms with E-state index in [0.29, 0.717) is 0 Å². The number of benzene rings is 2. The van der Waals surface area contributed by atoms with Crippen molar-refractivity contribution in [3.8, 4) is 0 Å². The molecule has 0 atom stereocenters. The average molecular weight is 417 g/mol. The van der Waals surface area contributed by atoms with Crippen LogP contribution in [0.5, 0.6) is 0 Å². The molecule has 23 heavy (non-hydrogen) atoms. The summed E-state index contributed by atoms with van der Waals surface area (Å²) in [6.45, 7) is 4.42. The Bertz CT molecular complexity index is 647.